The van der Waals surface area contributed by atoms with Crippen molar-refractivity contribution < 1.29 is 17.9 Å². The van der Waals surface area contributed by atoms with Crippen molar-refractivity contribution in [3.05, 3.63) is 144 Å². The monoisotopic (exact) mass is 474 g/mol. The van der Waals surface area contributed by atoms with Crippen LogP contribution in [0.15, 0.2) is 121 Å². The van der Waals surface area contributed by atoms with Crippen LogP contribution in [0.3, 0.4) is 0 Å². The van der Waals surface area contributed by atoms with E-state index in [4.69, 9.17) is 4.74 Å². The molecule has 0 saturated heterocycles. The highest BCUT2D eigenvalue weighted by Crippen LogP contribution is 2.28. The molecule has 0 aliphatic rings. The molecule has 0 aliphatic heterocycles. The van der Waals surface area contributed by atoms with Crippen molar-refractivity contribution in [2.45, 2.75) is 13.8 Å². The van der Waals surface area contributed by atoms with Crippen LogP contribution in [0.1, 0.15) is 25.0 Å². The highest BCUT2D eigenvalue weighted by Gasteiger charge is 2.13. The Bertz CT molecular complexity index is 1240. The molecule has 2 rings (SSSR count). The quantitative estimate of drug-likeness (QED) is 0.233. The molecule has 0 N–H and O–H groups in total. The lowest BCUT2D eigenvalue weighted by molar-refractivity contribution is 0.243. The zero-order valence-electron chi connectivity index (χ0n) is 20.1. The first-order chi connectivity index (χ1) is 16.7. The van der Waals surface area contributed by atoms with E-state index in [1.54, 1.807) is 31.2 Å². The molecule has 0 heterocycles. The molecule has 0 spiro atoms. The van der Waals surface area contributed by atoms with Crippen molar-refractivity contribution in [2.75, 3.05) is 6.61 Å². The lowest BCUT2D eigenvalue weighted by Crippen LogP contribution is -1.93. The summed E-state index contributed by atoms with van der Waals surface area (Å²) in [7, 11) is 0. The molecule has 0 fully saturated rings. The second kappa shape index (κ2) is 13.0. The minimum absolute atomic E-state index is 0.0707. The van der Waals surface area contributed by atoms with Gasteiger partial charge in [-0.1, -0.05) is 99.2 Å². The van der Waals surface area contributed by atoms with E-state index >= 15 is 0 Å². The zero-order valence-corrected chi connectivity index (χ0v) is 20.1. The van der Waals surface area contributed by atoms with Gasteiger partial charge >= 0.3 is 0 Å². The first-order valence-electron chi connectivity index (χ1n) is 11.0. The second-order valence-electron chi connectivity index (χ2n) is 7.59. The van der Waals surface area contributed by atoms with Crippen LogP contribution in [0.5, 0.6) is 0 Å². The lowest BCUT2D eigenvalue weighted by Gasteiger charge is -2.07. The van der Waals surface area contributed by atoms with Gasteiger partial charge in [-0.15, -0.1) is 0 Å². The first-order valence-corrected chi connectivity index (χ1v) is 11.0. The van der Waals surface area contributed by atoms with Crippen LogP contribution in [-0.4, -0.2) is 6.61 Å². The Labute approximate surface area is 206 Å². The van der Waals surface area contributed by atoms with Crippen LogP contribution in [0, 0.1) is 11.6 Å². The average Bonchev–Trinajstić information content (AvgIpc) is 2.83. The van der Waals surface area contributed by atoms with Crippen LogP contribution in [-0.2, 0) is 4.74 Å². The van der Waals surface area contributed by atoms with Crippen LogP contribution in [0.2, 0.25) is 0 Å². The molecular formula is C31H29F3O. The van der Waals surface area contributed by atoms with Crippen LogP contribution >= 0.6 is 0 Å². The molecule has 0 aliphatic carbocycles. The molecule has 4 heteroatoms. The minimum Gasteiger partial charge on any atom is -0.494 e. The number of hydrogen-bond donors (Lipinski definition) is 0. The minimum atomic E-state index is -0.951. The Morgan fingerprint density at radius 3 is 2.20 bits per heavy atom. The molecule has 35 heavy (non-hydrogen) atoms. The first kappa shape index (κ1) is 27.2. The van der Waals surface area contributed by atoms with E-state index in [2.05, 4.69) is 26.3 Å². The Kier molecular flexibility index (Phi) is 10.1. The van der Waals surface area contributed by atoms with Crippen molar-refractivity contribution in [2.24, 2.45) is 0 Å². The van der Waals surface area contributed by atoms with E-state index in [9.17, 15) is 13.2 Å². The van der Waals surface area contributed by atoms with Crippen molar-refractivity contribution in [3.8, 4) is 11.1 Å². The highest BCUT2D eigenvalue weighted by atomic mass is 19.2. The molecule has 0 aromatic heterocycles. The maximum absolute atomic E-state index is 14.7. The van der Waals surface area contributed by atoms with E-state index in [0.29, 0.717) is 23.3 Å². The van der Waals surface area contributed by atoms with Gasteiger partial charge in [0.2, 0.25) is 0 Å². The third-order valence-corrected chi connectivity index (χ3v) is 4.96. The zero-order chi connectivity index (χ0) is 26.0. The van der Waals surface area contributed by atoms with Crippen molar-refractivity contribution in [1.29, 1.82) is 0 Å². The molecule has 0 unspecified atom stereocenters. The van der Waals surface area contributed by atoms with Gasteiger partial charge in [-0.3, -0.25) is 0 Å². The third kappa shape index (κ3) is 7.75. The Balaban J connectivity index is 2.10. The summed E-state index contributed by atoms with van der Waals surface area (Å²) >= 11 is 0. The normalized spacial score (nSPS) is 12.0. The fourth-order valence-corrected chi connectivity index (χ4v) is 3.05. The van der Waals surface area contributed by atoms with E-state index in [-0.39, 0.29) is 22.5 Å². The summed E-state index contributed by atoms with van der Waals surface area (Å²) in [6.07, 6.45) is 11.0. The van der Waals surface area contributed by atoms with E-state index in [1.165, 1.54) is 24.3 Å². The predicted molar refractivity (Wildman–Crippen MR) is 142 cm³/mol. The van der Waals surface area contributed by atoms with Gasteiger partial charge in [0.1, 0.15) is 11.6 Å². The van der Waals surface area contributed by atoms with Crippen molar-refractivity contribution in [1.82, 2.24) is 0 Å². The molecule has 2 aromatic rings. The fourth-order valence-electron chi connectivity index (χ4n) is 3.05. The average molecular weight is 475 g/mol. The number of halogens is 3. The van der Waals surface area contributed by atoms with Crippen LogP contribution in [0.4, 0.5) is 13.2 Å². The van der Waals surface area contributed by atoms with E-state index in [1.807, 2.05) is 31.2 Å². The molecule has 0 saturated carbocycles. The highest BCUT2D eigenvalue weighted by molar-refractivity contribution is 5.69. The lowest BCUT2D eigenvalue weighted by atomic mass is 10.0. The summed E-state index contributed by atoms with van der Waals surface area (Å²) in [5, 5.41) is 0. The summed E-state index contributed by atoms with van der Waals surface area (Å²) in [6.45, 7) is 19.0. The molecule has 0 bridgehead atoms. The van der Waals surface area contributed by atoms with Crippen LogP contribution < -0.4 is 0 Å². The SMILES string of the molecule is C=C(/C=C\C(=C)C(=C)/C(F)=C\C(=C)OCC)/C=C/c1ccc(-c2ccc(/C=C/C)cc2)c(F)c1F. The number of allylic oxidation sites excluding steroid dienone is 9. The number of hydrogen-bond acceptors (Lipinski definition) is 1. The number of rotatable bonds is 11. The van der Waals surface area contributed by atoms with Crippen LogP contribution in [0.25, 0.3) is 23.3 Å². The van der Waals surface area contributed by atoms with Gasteiger partial charge in [-0.2, -0.15) is 0 Å². The molecule has 0 atom stereocenters. The summed E-state index contributed by atoms with van der Waals surface area (Å²) in [5.41, 5.74) is 2.69. The van der Waals surface area contributed by atoms with E-state index in [0.717, 1.165) is 11.6 Å². The summed E-state index contributed by atoms with van der Waals surface area (Å²) in [5.74, 6) is -2.31. The molecular weight excluding hydrogens is 445 g/mol. The summed E-state index contributed by atoms with van der Waals surface area (Å²) < 4.78 is 48.7. The number of ether oxygens (including phenoxy) is 1. The maximum Gasteiger partial charge on any atom is 0.167 e. The molecule has 180 valence electrons. The van der Waals surface area contributed by atoms with Gasteiger partial charge in [-0.25, -0.2) is 13.2 Å². The van der Waals surface area contributed by atoms with Crippen molar-refractivity contribution >= 4 is 12.2 Å². The van der Waals surface area contributed by atoms with Gasteiger partial charge in [0, 0.05) is 22.8 Å². The largest absolute Gasteiger partial charge is 0.494 e. The van der Waals surface area contributed by atoms with Gasteiger partial charge in [0.15, 0.2) is 11.6 Å². The van der Waals surface area contributed by atoms with Gasteiger partial charge < -0.3 is 4.74 Å². The standard InChI is InChI=1S/C31H29F3O/c1-7-9-25-13-16-26(17-14-25)28-19-18-27(30(33)31(28)34)15-11-21(3)10-12-22(4)24(6)29(32)20-23(5)35-8-2/h7,9-20H,3-6,8H2,1-2H3/b9-7+,12-10-,15-11+,29-20+. The summed E-state index contributed by atoms with van der Waals surface area (Å²) in [6, 6.07) is 10.2. The Hall–Kier alpha value is -4.05. The van der Waals surface area contributed by atoms with Gasteiger partial charge in [-0.05, 0) is 36.1 Å². The predicted octanol–water partition coefficient (Wildman–Crippen LogP) is 9.31. The van der Waals surface area contributed by atoms with Gasteiger partial charge in [0.05, 0.1) is 6.61 Å². The molecule has 1 nitrogen and oxygen atoms in total. The molecule has 2 aromatic carbocycles. The fraction of sp³-hybridized carbons (Fsp3) is 0.0968. The smallest absolute Gasteiger partial charge is 0.167 e. The second-order valence-corrected chi connectivity index (χ2v) is 7.59. The van der Waals surface area contributed by atoms with Gasteiger partial charge in [0.25, 0.3) is 0 Å². The van der Waals surface area contributed by atoms with Crippen molar-refractivity contribution in [3.63, 3.8) is 0 Å². The summed E-state index contributed by atoms with van der Waals surface area (Å²) in [4.78, 5) is 0. The van der Waals surface area contributed by atoms with E-state index < -0.39 is 17.5 Å². The molecule has 0 radical (unpaired) electrons. The maximum atomic E-state index is 14.7. The topological polar surface area (TPSA) is 9.23 Å². The Morgan fingerprint density at radius 2 is 1.57 bits per heavy atom. The molecule has 0 amide bonds. The Morgan fingerprint density at radius 1 is 0.886 bits per heavy atom. The third-order valence-electron chi connectivity index (χ3n) is 4.96. The number of benzene rings is 2.